The Labute approximate surface area is 159 Å². The van der Waals surface area contributed by atoms with Crippen LogP contribution in [0.2, 0.25) is 0 Å². The zero-order valence-corrected chi connectivity index (χ0v) is 16.1. The highest BCUT2D eigenvalue weighted by Crippen LogP contribution is 2.22. The first kappa shape index (κ1) is 18.3. The second kappa shape index (κ2) is 7.80. The number of aromatic nitrogens is 2. The number of benzene rings is 1. The number of anilines is 1. The molecule has 0 aliphatic carbocycles. The lowest BCUT2D eigenvalue weighted by Crippen LogP contribution is -2.34. The molecule has 0 saturated carbocycles. The number of ketones is 1. The van der Waals surface area contributed by atoms with E-state index in [0.717, 1.165) is 21.1 Å². The van der Waals surface area contributed by atoms with Crippen LogP contribution in [-0.4, -0.2) is 46.7 Å². The highest BCUT2D eigenvalue weighted by Gasteiger charge is 2.18. The van der Waals surface area contributed by atoms with Crippen molar-refractivity contribution in [2.45, 2.75) is 6.92 Å². The van der Waals surface area contributed by atoms with Crippen LogP contribution in [0.3, 0.4) is 0 Å². The molecule has 1 aromatic carbocycles. The van der Waals surface area contributed by atoms with Gasteiger partial charge in [0, 0.05) is 32.8 Å². The highest BCUT2D eigenvalue weighted by atomic mass is 79.9. The minimum Gasteiger partial charge on any atom is -0.358 e. The average molecular weight is 415 g/mol. The van der Waals surface area contributed by atoms with Crippen molar-refractivity contribution in [3.63, 3.8) is 0 Å². The van der Waals surface area contributed by atoms with E-state index >= 15 is 0 Å². The van der Waals surface area contributed by atoms with Crippen molar-refractivity contribution in [1.29, 1.82) is 0 Å². The maximum Gasteiger partial charge on any atom is 0.239 e. The fourth-order valence-corrected chi connectivity index (χ4v) is 3.13. The first-order valence-corrected chi connectivity index (χ1v) is 8.94. The van der Waals surface area contributed by atoms with E-state index in [-0.39, 0.29) is 24.8 Å². The van der Waals surface area contributed by atoms with E-state index in [4.69, 9.17) is 0 Å². The maximum atomic E-state index is 12.7. The van der Waals surface area contributed by atoms with Gasteiger partial charge in [-0.2, -0.15) is 0 Å². The Kier molecular flexibility index (Phi) is 5.49. The van der Waals surface area contributed by atoms with E-state index in [1.54, 1.807) is 30.3 Å². The van der Waals surface area contributed by atoms with E-state index in [0.29, 0.717) is 11.4 Å². The molecule has 26 heavy (non-hydrogen) atoms. The molecular weight excluding hydrogens is 396 g/mol. The number of Topliss-reactive ketones (excluding diaryl/α,β-unsaturated/α-hetero) is 1. The van der Waals surface area contributed by atoms with E-state index in [1.807, 2.05) is 31.2 Å². The standard InChI is InChI=1S/C19H19BrN4O2/c1-12-19(14-5-3-4-6-15(14)22-12)16(25)10-24(2)11-18(26)23-17-8-7-13(20)9-21-17/h3-9,22H,10-11H2,1-2H3,(H,21,23,26). The Morgan fingerprint density at radius 3 is 2.69 bits per heavy atom. The molecule has 7 heteroatoms. The van der Waals surface area contributed by atoms with Crippen molar-refractivity contribution < 1.29 is 9.59 Å². The minimum absolute atomic E-state index is 0.0167. The topological polar surface area (TPSA) is 78.1 Å². The number of pyridine rings is 1. The molecule has 0 spiro atoms. The number of amides is 1. The monoisotopic (exact) mass is 414 g/mol. The Morgan fingerprint density at radius 2 is 1.96 bits per heavy atom. The van der Waals surface area contributed by atoms with Gasteiger partial charge >= 0.3 is 0 Å². The molecule has 0 atom stereocenters. The molecule has 1 amide bonds. The Balaban J connectivity index is 1.62. The van der Waals surface area contributed by atoms with Crippen LogP contribution in [-0.2, 0) is 4.79 Å². The predicted octanol–water partition coefficient (Wildman–Crippen LogP) is 3.39. The molecule has 0 unspecified atom stereocenters. The molecule has 2 heterocycles. The van der Waals surface area contributed by atoms with Gasteiger partial charge in [0.1, 0.15) is 5.82 Å². The van der Waals surface area contributed by atoms with Crippen molar-refractivity contribution in [1.82, 2.24) is 14.9 Å². The number of nitrogens with one attached hydrogen (secondary N) is 2. The van der Waals surface area contributed by atoms with Crippen LogP contribution in [0.15, 0.2) is 47.1 Å². The van der Waals surface area contributed by atoms with Crippen molar-refractivity contribution in [3.05, 3.63) is 58.3 Å². The van der Waals surface area contributed by atoms with Gasteiger partial charge < -0.3 is 10.3 Å². The van der Waals surface area contributed by atoms with E-state index in [9.17, 15) is 9.59 Å². The summed E-state index contributed by atoms with van der Waals surface area (Å²) in [4.78, 5) is 33.9. The molecule has 0 bridgehead atoms. The van der Waals surface area contributed by atoms with Crippen LogP contribution >= 0.6 is 15.9 Å². The Morgan fingerprint density at radius 1 is 1.19 bits per heavy atom. The summed E-state index contributed by atoms with van der Waals surface area (Å²) in [5.74, 6) is 0.244. The third-order valence-corrected chi connectivity index (χ3v) is 4.46. The molecule has 0 saturated heterocycles. The number of hydrogen-bond acceptors (Lipinski definition) is 4. The molecule has 6 nitrogen and oxygen atoms in total. The van der Waals surface area contributed by atoms with E-state index in [2.05, 4.69) is 31.2 Å². The number of aromatic amines is 1. The SMILES string of the molecule is Cc1[nH]c2ccccc2c1C(=O)CN(C)CC(=O)Nc1ccc(Br)cn1. The van der Waals surface area contributed by atoms with Gasteiger partial charge in [-0.1, -0.05) is 18.2 Å². The molecule has 0 aliphatic rings. The predicted molar refractivity (Wildman–Crippen MR) is 105 cm³/mol. The average Bonchev–Trinajstić information content (AvgIpc) is 2.92. The molecule has 3 aromatic rings. The van der Waals surface area contributed by atoms with Crippen LogP contribution in [0.1, 0.15) is 16.1 Å². The van der Waals surface area contributed by atoms with Gasteiger partial charge in [-0.15, -0.1) is 0 Å². The number of halogens is 1. The number of likely N-dealkylation sites (N-methyl/N-ethyl adjacent to an activating group) is 1. The summed E-state index contributed by atoms with van der Waals surface area (Å²) in [5.41, 5.74) is 2.46. The maximum absolute atomic E-state index is 12.7. The molecule has 0 radical (unpaired) electrons. The second-order valence-corrected chi connectivity index (χ2v) is 7.09. The number of rotatable bonds is 6. The van der Waals surface area contributed by atoms with Crippen molar-refractivity contribution in [3.8, 4) is 0 Å². The minimum atomic E-state index is -0.217. The number of fused-ring (bicyclic) bond motifs is 1. The highest BCUT2D eigenvalue weighted by molar-refractivity contribution is 9.10. The summed E-state index contributed by atoms with van der Waals surface area (Å²) in [6.45, 7) is 2.15. The van der Waals surface area contributed by atoms with Gasteiger partial charge in [0.05, 0.1) is 13.1 Å². The smallest absolute Gasteiger partial charge is 0.239 e. The molecule has 0 fully saturated rings. The number of carbonyl (C=O) groups is 2. The normalized spacial score (nSPS) is 11.1. The van der Waals surface area contributed by atoms with Crippen molar-refractivity contribution in [2.24, 2.45) is 0 Å². The molecule has 2 N–H and O–H groups in total. The quantitative estimate of drug-likeness (QED) is 0.605. The van der Waals surface area contributed by atoms with Crippen LogP contribution in [0.4, 0.5) is 5.82 Å². The number of para-hydroxylation sites is 1. The molecule has 3 rings (SSSR count). The number of aryl methyl sites for hydroxylation is 1. The van der Waals surface area contributed by atoms with Crippen LogP contribution < -0.4 is 5.32 Å². The first-order chi connectivity index (χ1) is 12.4. The lowest BCUT2D eigenvalue weighted by atomic mass is 10.1. The lowest BCUT2D eigenvalue weighted by molar-refractivity contribution is -0.116. The number of H-pyrrole nitrogens is 1. The molecule has 2 aromatic heterocycles. The number of hydrogen-bond donors (Lipinski definition) is 2. The summed E-state index contributed by atoms with van der Waals surface area (Å²) in [5, 5.41) is 3.63. The number of carbonyl (C=O) groups excluding carboxylic acids is 2. The Bertz CT molecular complexity index is 950. The molecule has 0 aliphatic heterocycles. The fraction of sp³-hybridized carbons (Fsp3) is 0.211. The largest absolute Gasteiger partial charge is 0.358 e. The van der Waals surface area contributed by atoms with Crippen molar-refractivity contribution >= 4 is 44.3 Å². The summed E-state index contributed by atoms with van der Waals surface area (Å²) >= 11 is 3.30. The van der Waals surface area contributed by atoms with Gasteiger partial charge in [0.25, 0.3) is 0 Å². The zero-order valence-electron chi connectivity index (χ0n) is 14.5. The third-order valence-electron chi connectivity index (χ3n) is 3.99. The second-order valence-electron chi connectivity index (χ2n) is 6.18. The van der Waals surface area contributed by atoms with Gasteiger partial charge in [-0.25, -0.2) is 4.98 Å². The summed E-state index contributed by atoms with van der Waals surface area (Å²) in [7, 11) is 1.75. The molecular formula is C19H19BrN4O2. The van der Waals surface area contributed by atoms with Gasteiger partial charge in [-0.05, 0) is 48.1 Å². The van der Waals surface area contributed by atoms with E-state index < -0.39 is 0 Å². The Hall–Kier alpha value is -2.51. The number of nitrogens with zero attached hydrogens (tertiary/aromatic N) is 2. The van der Waals surface area contributed by atoms with Gasteiger partial charge in [-0.3, -0.25) is 14.5 Å². The molecule has 134 valence electrons. The lowest BCUT2D eigenvalue weighted by Gasteiger charge is -2.15. The van der Waals surface area contributed by atoms with Gasteiger partial charge in [0.15, 0.2) is 5.78 Å². The summed E-state index contributed by atoms with van der Waals surface area (Å²) < 4.78 is 0.840. The first-order valence-electron chi connectivity index (χ1n) is 8.14. The third kappa shape index (κ3) is 4.17. The fourth-order valence-electron chi connectivity index (χ4n) is 2.89. The summed E-state index contributed by atoms with van der Waals surface area (Å²) in [6, 6.07) is 11.2. The van der Waals surface area contributed by atoms with Crippen LogP contribution in [0, 0.1) is 6.92 Å². The van der Waals surface area contributed by atoms with Crippen molar-refractivity contribution in [2.75, 3.05) is 25.5 Å². The zero-order chi connectivity index (χ0) is 18.7. The van der Waals surface area contributed by atoms with Crippen LogP contribution in [0.25, 0.3) is 10.9 Å². The van der Waals surface area contributed by atoms with Gasteiger partial charge in [0.2, 0.25) is 5.91 Å². The van der Waals surface area contributed by atoms with E-state index in [1.165, 1.54) is 0 Å². The van der Waals surface area contributed by atoms with Crippen LogP contribution in [0.5, 0.6) is 0 Å². The summed E-state index contributed by atoms with van der Waals surface area (Å²) in [6.07, 6.45) is 1.61.